The maximum atomic E-state index is 13.4. The standard InChI is InChI=1S/C13H8F5NO/c14-8-3-7(19)2-1-6(8)5-20-13-11(17)9(15)4-10(16)12(13)18/h1-4H,5,19H2. The second-order valence-corrected chi connectivity index (χ2v) is 3.94. The van der Waals surface area contributed by atoms with E-state index in [1.54, 1.807) is 0 Å². The van der Waals surface area contributed by atoms with E-state index >= 15 is 0 Å². The van der Waals surface area contributed by atoms with Crippen molar-refractivity contribution < 1.29 is 26.7 Å². The van der Waals surface area contributed by atoms with Crippen LogP contribution < -0.4 is 10.5 Å². The molecule has 0 atom stereocenters. The van der Waals surface area contributed by atoms with Crippen LogP contribution in [0.2, 0.25) is 0 Å². The number of nitrogens with two attached hydrogens (primary N) is 1. The molecule has 7 heteroatoms. The van der Waals surface area contributed by atoms with E-state index in [-0.39, 0.29) is 17.3 Å². The molecule has 0 unspecified atom stereocenters. The summed E-state index contributed by atoms with van der Waals surface area (Å²) in [4.78, 5) is 0. The Bertz CT molecular complexity index is 633. The number of nitrogen functional groups attached to an aromatic ring is 1. The number of rotatable bonds is 3. The lowest BCUT2D eigenvalue weighted by Crippen LogP contribution is -2.05. The average Bonchev–Trinajstić information content (AvgIpc) is 2.38. The van der Waals surface area contributed by atoms with E-state index in [2.05, 4.69) is 4.74 Å². The third-order valence-electron chi connectivity index (χ3n) is 2.52. The van der Waals surface area contributed by atoms with Crippen molar-refractivity contribution in [1.29, 1.82) is 0 Å². The molecule has 20 heavy (non-hydrogen) atoms. The van der Waals surface area contributed by atoms with Gasteiger partial charge in [0.1, 0.15) is 12.4 Å². The van der Waals surface area contributed by atoms with E-state index < -0.39 is 41.4 Å². The van der Waals surface area contributed by atoms with Crippen LogP contribution >= 0.6 is 0 Å². The Morgan fingerprint density at radius 2 is 1.45 bits per heavy atom. The summed E-state index contributed by atoms with van der Waals surface area (Å²) in [6.07, 6.45) is 0. The summed E-state index contributed by atoms with van der Waals surface area (Å²) in [7, 11) is 0. The number of ether oxygens (including phenoxy) is 1. The highest BCUT2D eigenvalue weighted by Gasteiger charge is 2.21. The maximum absolute atomic E-state index is 13.4. The Labute approximate surface area is 110 Å². The van der Waals surface area contributed by atoms with Crippen LogP contribution in [0.1, 0.15) is 5.56 Å². The van der Waals surface area contributed by atoms with Crippen LogP contribution in [0.5, 0.6) is 5.75 Å². The quantitative estimate of drug-likeness (QED) is 0.533. The summed E-state index contributed by atoms with van der Waals surface area (Å²) in [6.45, 7) is -0.608. The summed E-state index contributed by atoms with van der Waals surface area (Å²) in [5.41, 5.74) is 5.41. The van der Waals surface area contributed by atoms with Crippen LogP contribution in [0.4, 0.5) is 27.6 Å². The molecule has 0 saturated carbocycles. The predicted octanol–water partition coefficient (Wildman–Crippen LogP) is 3.54. The molecule has 0 fully saturated rings. The van der Waals surface area contributed by atoms with Gasteiger partial charge in [0.25, 0.3) is 0 Å². The maximum Gasteiger partial charge on any atom is 0.203 e. The molecule has 0 amide bonds. The highest BCUT2D eigenvalue weighted by Crippen LogP contribution is 2.27. The highest BCUT2D eigenvalue weighted by atomic mass is 19.2. The van der Waals surface area contributed by atoms with Crippen LogP contribution in [0.3, 0.4) is 0 Å². The first-order valence-electron chi connectivity index (χ1n) is 5.40. The fourth-order valence-corrected chi connectivity index (χ4v) is 1.51. The van der Waals surface area contributed by atoms with E-state index in [1.165, 1.54) is 12.1 Å². The molecule has 2 aromatic carbocycles. The first-order valence-corrected chi connectivity index (χ1v) is 5.40. The van der Waals surface area contributed by atoms with Crippen molar-refractivity contribution in [1.82, 2.24) is 0 Å². The minimum absolute atomic E-state index is 0.0569. The summed E-state index contributed by atoms with van der Waals surface area (Å²) in [5, 5.41) is 0. The molecular weight excluding hydrogens is 281 g/mol. The Hall–Kier alpha value is -2.31. The van der Waals surface area contributed by atoms with Gasteiger partial charge in [-0.1, -0.05) is 6.07 Å². The summed E-state index contributed by atoms with van der Waals surface area (Å²) >= 11 is 0. The van der Waals surface area contributed by atoms with Crippen LogP contribution in [0.25, 0.3) is 0 Å². The fourth-order valence-electron chi connectivity index (χ4n) is 1.51. The average molecular weight is 289 g/mol. The van der Waals surface area contributed by atoms with Gasteiger partial charge in [0.2, 0.25) is 11.6 Å². The topological polar surface area (TPSA) is 35.2 Å². The van der Waals surface area contributed by atoms with Gasteiger partial charge in [-0.25, -0.2) is 13.2 Å². The van der Waals surface area contributed by atoms with Crippen LogP contribution in [-0.4, -0.2) is 0 Å². The first kappa shape index (κ1) is 14.1. The summed E-state index contributed by atoms with van der Waals surface area (Å²) in [5.74, 6) is -8.56. The van der Waals surface area contributed by atoms with Crippen molar-refractivity contribution in [2.24, 2.45) is 0 Å². The highest BCUT2D eigenvalue weighted by molar-refractivity contribution is 5.40. The number of benzene rings is 2. The molecule has 0 spiro atoms. The molecule has 0 aliphatic rings. The zero-order valence-electron chi connectivity index (χ0n) is 9.89. The molecule has 0 aromatic heterocycles. The van der Waals surface area contributed by atoms with E-state index in [9.17, 15) is 22.0 Å². The second kappa shape index (κ2) is 5.36. The lowest BCUT2D eigenvalue weighted by molar-refractivity contribution is 0.257. The van der Waals surface area contributed by atoms with Crippen molar-refractivity contribution in [2.75, 3.05) is 5.73 Å². The monoisotopic (exact) mass is 289 g/mol. The third-order valence-corrected chi connectivity index (χ3v) is 2.52. The van der Waals surface area contributed by atoms with Crippen molar-refractivity contribution in [2.45, 2.75) is 6.61 Å². The molecule has 2 nitrogen and oxygen atoms in total. The van der Waals surface area contributed by atoms with Gasteiger partial charge in [0, 0.05) is 17.3 Å². The van der Waals surface area contributed by atoms with Crippen molar-refractivity contribution in [3.8, 4) is 5.75 Å². The van der Waals surface area contributed by atoms with E-state index in [4.69, 9.17) is 5.73 Å². The zero-order valence-corrected chi connectivity index (χ0v) is 9.89. The van der Waals surface area contributed by atoms with Crippen molar-refractivity contribution >= 4 is 5.69 Å². The van der Waals surface area contributed by atoms with E-state index in [0.717, 1.165) is 6.07 Å². The SMILES string of the molecule is Nc1ccc(COc2c(F)c(F)cc(F)c2F)c(F)c1. The third kappa shape index (κ3) is 2.66. The van der Waals surface area contributed by atoms with Crippen molar-refractivity contribution in [3.63, 3.8) is 0 Å². The van der Waals surface area contributed by atoms with Crippen LogP contribution in [0, 0.1) is 29.1 Å². The van der Waals surface area contributed by atoms with Gasteiger partial charge in [-0.15, -0.1) is 0 Å². The zero-order chi connectivity index (χ0) is 14.9. The predicted molar refractivity (Wildman–Crippen MR) is 61.4 cm³/mol. The largest absolute Gasteiger partial charge is 0.483 e. The second-order valence-electron chi connectivity index (χ2n) is 3.94. The molecule has 0 aliphatic carbocycles. The Balaban J connectivity index is 2.27. The molecule has 0 heterocycles. The number of anilines is 1. The van der Waals surface area contributed by atoms with Gasteiger partial charge < -0.3 is 10.5 Å². The Morgan fingerprint density at radius 3 is 2.00 bits per heavy atom. The number of hydrogen-bond acceptors (Lipinski definition) is 2. The summed E-state index contributed by atoms with van der Waals surface area (Å²) in [6, 6.07) is 3.62. The minimum atomic E-state index is -1.68. The molecule has 0 radical (unpaired) electrons. The Kier molecular flexibility index (Phi) is 3.78. The van der Waals surface area contributed by atoms with Gasteiger partial charge in [-0.05, 0) is 12.1 Å². The van der Waals surface area contributed by atoms with Gasteiger partial charge in [-0.3, -0.25) is 0 Å². The van der Waals surface area contributed by atoms with Crippen molar-refractivity contribution in [3.05, 3.63) is 58.9 Å². The number of hydrogen-bond donors (Lipinski definition) is 1. The van der Waals surface area contributed by atoms with Gasteiger partial charge in [0.15, 0.2) is 17.4 Å². The molecule has 2 rings (SSSR count). The van der Waals surface area contributed by atoms with Gasteiger partial charge >= 0.3 is 0 Å². The number of halogens is 5. The molecular formula is C13H8F5NO. The van der Waals surface area contributed by atoms with E-state index in [0.29, 0.717) is 0 Å². The molecule has 0 bridgehead atoms. The normalized spacial score (nSPS) is 10.7. The van der Waals surface area contributed by atoms with Gasteiger partial charge in [0.05, 0.1) is 0 Å². The molecule has 2 aromatic rings. The van der Waals surface area contributed by atoms with Crippen LogP contribution in [-0.2, 0) is 6.61 Å². The molecule has 2 N–H and O–H groups in total. The van der Waals surface area contributed by atoms with E-state index in [1.807, 2.05) is 0 Å². The molecule has 0 saturated heterocycles. The Morgan fingerprint density at radius 1 is 0.850 bits per heavy atom. The lowest BCUT2D eigenvalue weighted by Gasteiger charge is -2.10. The smallest absolute Gasteiger partial charge is 0.203 e. The van der Waals surface area contributed by atoms with Gasteiger partial charge in [-0.2, -0.15) is 8.78 Å². The molecule has 0 aliphatic heterocycles. The summed E-state index contributed by atoms with van der Waals surface area (Å²) < 4.78 is 70.5. The van der Waals surface area contributed by atoms with Crippen LogP contribution in [0.15, 0.2) is 24.3 Å². The molecule has 106 valence electrons. The lowest BCUT2D eigenvalue weighted by atomic mass is 10.2. The fraction of sp³-hybridized carbons (Fsp3) is 0.0769. The minimum Gasteiger partial charge on any atom is -0.483 e. The first-order chi connectivity index (χ1) is 9.40.